The summed E-state index contributed by atoms with van der Waals surface area (Å²) in [7, 11) is 0. The molecular formula is C17H21FN2. The number of rotatable bonds is 7. The van der Waals surface area contributed by atoms with Gasteiger partial charge in [0.15, 0.2) is 0 Å². The summed E-state index contributed by atoms with van der Waals surface area (Å²) >= 11 is 0. The number of hydrogen-bond acceptors (Lipinski definition) is 2. The normalized spacial score (nSPS) is 10.9. The minimum atomic E-state index is -0.191. The van der Waals surface area contributed by atoms with Crippen LogP contribution in [-0.2, 0) is 13.0 Å². The standard InChI is InChI=1S/C17H21FN2/c18-17-8-6-16(7-9-17)14-20(13-11-19)12-10-15-4-2-1-3-5-15/h1-9H,10-14,19H2. The first-order valence-electron chi connectivity index (χ1n) is 6.99. The third-order valence-corrected chi connectivity index (χ3v) is 3.32. The van der Waals surface area contributed by atoms with Gasteiger partial charge in [-0.3, -0.25) is 4.90 Å². The first-order valence-corrected chi connectivity index (χ1v) is 6.99. The van der Waals surface area contributed by atoms with E-state index in [9.17, 15) is 4.39 Å². The van der Waals surface area contributed by atoms with Gasteiger partial charge in [0.2, 0.25) is 0 Å². The van der Waals surface area contributed by atoms with Crippen LogP contribution in [0, 0.1) is 5.82 Å². The largest absolute Gasteiger partial charge is 0.329 e. The van der Waals surface area contributed by atoms with Crippen LogP contribution in [0.5, 0.6) is 0 Å². The average Bonchev–Trinajstić information content (AvgIpc) is 2.48. The van der Waals surface area contributed by atoms with Gasteiger partial charge in [0.1, 0.15) is 5.82 Å². The molecule has 2 aromatic rings. The fraction of sp³-hybridized carbons (Fsp3) is 0.294. The molecule has 0 atom stereocenters. The van der Waals surface area contributed by atoms with E-state index in [1.165, 1.54) is 17.7 Å². The second kappa shape index (κ2) is 7.78. The molecule has 0 radical (unpaired) electrons. The SMILES string of the molecule is NCCN(CCc1ccccc1)Cc1ccc(F)cc1. The Hall–Kier alpha value is -1.71. The van der Waals surface area contributed by atoms with Crippen LogP contribution in [0.2, 0.25) is 0 Å². The number of benzene rings is 2. The summed E-state index contributed by atoms with van der Waals surface area (Å²) in [5.41, 5.74) is 8.12. The van der Waals surface area contributed by atoms with Gasteiger partial charge in [0, 0.05) is 26.2 Å². The van der Waals surface area contributed by atoms with Gasteiger partial charge in [-0.2, -0.15) is 0 Å². The molecule has 3 heteroatoms. The van der Waals surface area contributed by atoms with Crippen molar-refractivity contribution in [2.75, 3.05) is 19.6 Å². The Bertz CT molecular complexity index is 496. The van der Waals surface area contributed by atoms with E-state index in [0.29, 0.717) is 6.54 Å². The Morgan fingerprint density at radius 3 is 2.20 bits per heavy atom. The molecule has 0 heterocycles. The highest BCUT2D eigenvalue weighted by Gasteiger charge is 2.05. The van der Waals surface area contributed by atoms with Gasteiger partial charge in [0.25, 0.3) is 0 Å². The molecule has 0 aliphatic rings. The van der Waals surface area contributed by atoms with Crippen molar-refractivity contribution in [1.82, 2.24) is 4.90 Å². The van der Waals surface area contributed by atoms with Crippen molar-refractivity contribution in [1.29, 1.82) is 0 Å². The van der Waals surface area contributed by atoms with Crippen LogP contribution in [0.3, 0.4) is 0 Å². The van der Waals surface area contributed by atoms with Crippen LogP contribution in [-0.4, -0.2) is 24.5 Å². The van der Waals surface area contributed by atoms with Gasteiger partial charge in [-0.1, -0.05) is 42.5 Å². The predicted octanol–water partition coefficient (Wildman–Crippen LogP) is 2.83. The molecule has 2 N–H and O–H groups in total. The lowest BCUT2D eigenvalue weighted by molar-refractivity contribution is 0.276. The highest BCUT2D eigenvalue weighted by atomic mass is 19.1. The van der Waals surface area contributed by atoms with E-state index in [1.54, 1.807) is 0 Å². The van der Waals surface area contributed by atoms with Crippen molar-refractivity contribution < 1.29 is 4.39 Å². The third-order valence-electron chi connectivity index (χ3n) is 3.32. The van der Waals surface area contributed by atoms with Crippen molar-refractivity contribution >= 4 is 0 Å². The molecule has 0 bridgehead atoms. The van der Waals surface area contributed by atoms with Gasteiger partial charge in [0.05, 0.1) is 0 Å². The molecule has 0 aliphatic carbocycles. The van der Waals surface area contributed by atoms with Crippen molar-refractivity contribution in [3.63, 3.8) is 0 Å². The van der Waals surface area contributed by atoms with E-state index < -0.39 is 0 Å². The molecule has 0 spiro atoms. The topological polar surface area (TPSA) is 29.3 Å². The van der Waals surface area contributed by atoms with Gasteiger partial charge >= 0.3 is 0 Å². The zero-order valence-electron chi connectivity index (χ0n) is 11.6. The molecule has 0 saturated heterocycles. The maximum absolute atomic E-state index is 12.9. The summed E-state index contributed by atoms with van der Waals surface area (Å²) in [5.74, 6) is -0.191. The van der Waals surface area contributed by atoms with Crippen molar-refractivity contribution in [3.8, 4) is 0 Å². The molecule has 0 aromatic heterocycles. The maximum atomic E-state index is 12.9. The average molecular weight is 272 g/mol. The number of nitrogens with zero attached hydrogens (tertiary/aromatic N) is 1. The summed E-state index contributed by atoms with van der Waals surface area (Å²) in [6.07, 6.45) is 1.00. The molecule has 106 valence electrons. The van der Waals surface area contributed by atoms with Crippen LogP contribution in [0.4, 0.5) is 4.39 Å². The molecule has 0 fully saturated rings. The molecule has 0 amide bonds. The van der Waals surface area contributed by atoms with Gasteiger partial charge in [-0.05, 0) is 29.7 Å². The van der Waals surface area contributed by atoms with E-state index in [1.807, 2.05) is 18.2 Å². The summed E-state index contributed by atoms with van der Waals surface area (Å²) in [6, 6.07) is 17.1. The first kappa shape index (κ1) is 14.7. The van der Waals surface area contributed by atoms with Crippen LogP contribution < -0.4 is 5.73 Å². The van der Waals surface area contributed by atoms with Crippen molar-refractivity contribution in [3.05, 3.63) is 71.5 Å². The Balaban J connectivity index is 1.91. The Morgan fingerprint density at radius 2 is 1.55 bits per heavy atom. The minimum Gasteiger partial charge on any atom is -0.329 e. The van der Waals surface area contributed by atoms with Crippen molar-refractivity contribution in [2.24, 2.45) is 5.73 Å². The molecule has 0 aliphatic heterocycles. The summed E-state index contributed by atoms with van der Waals surface area (Å²) < 4.78 is 12.9. The minimum absolute atomic E-state index is 0.191. The van der Waals surface area contributed by atoms with Gasteiger partial charge in [-0.15, -0.1) is 0 Å². The highest BCUT2D eigenvalue weighted by molar-refractivity contribution is 5.17. The Labute approximate surface area is 120 Å². The summed E-state index contributed by atoms with van der Waals surface area (Å²) in [4.78, 5) is 2.31. The van der Waals surface area contributed by atoms with Crippen molar-refractivity contribution in [2.45, 2.75) is 13.0 Å². The van der Waals surface area contributed by atoms with E-state index in [-0.39, 0.29) is 5.82 Å². The molecule has 0 unspecified atom stereocenters. The Kier molecular flexibility index (Phi) is 5.71. The fourth-order valence-corrected chi connectivity index (χ4v) is 2.23. The lowest BCUT2D eigenvalue weighted by atomic mass is 10.1. The van der Waals surface area contributed by atoms with E-state index in [0.717, 1.165) is 31.6 Å². The monoisotopic (exact) mass is 272 g/mol. The predicted molar refractivity (Wildman–Crippen MR) is 80.9 cm³/mol. The maximum Gasteiger partial charge on any atom is 0.123 e. The van der Waals surface area contributed by atoms with E-state index in [2.05, 4.69) is 29.2 Å². The van der Waals surface area contributed by atoms with Crippen LogP contribution in [0.15, 0.2) is 54.6 Å². The fourth-order valence-electron chi connectivity index (χ4n) is 2.23. The van der Waals surface area contributed by atoms with Crippen LogP contribution >= 0.6 is 0 Å². The Morgan fingerprint density at radius 1 is 0.850 bits per heavy atom. The van der Waals surface area contributed by atoms with Gasteiger partial charge in [-0.25, -0.2) is 4.39 Å². The molecule has 2 aromatic carbocycles. The summed E-state index contributed by atoms with van der Waals surface area (Å²) in [6.45, 7) is 3.25. The number of nitrogens with two attached hydrogens (primary N) is 1. The third kappa shape index (κ3) is 4.76. The molecule has 20 heavy (non-hydrogen) atoms. The molecular weight excluding hydrogens is 251 g/mol. The lowest BCUT2D eigenvalue weighted by Crippen LogP contribution is -2.31. The van der Waals surface area contributed by atoms with Crippen LogP contribution in [0.1, 0.15) is 11.1 Å². The zero-order chi connectivity index (χ0) is 14.2. The molecule has 0 saturated carbocycles. The quantitative estimate of drug-likeness (QED) is 0.840. The smallest absolute Gasteiger partial charge is 0.123 e. The second-order valence-electron chi connectivity index (χ2n) is 4.93. The molecule has 2 nitrogen and oxygen atoms in total. The van der Waals surface area contributed by atoms with E-state index >= 15 is 0 Å². The molecule has 2 rings (SSSR count). The first-order chi connectivity index (χ1) is 9.78. The van der Waals surface area contributed by atoms with E-state index in [4.69, 9.17) is 5.73 Å². The highest BCUT2D eigenvalue weighted by Crippen LogP contribution is 2.08. The number of halogens is 1. The van der Waals surface area contributed by atoms with Gasteiger partial charge < -0.3 is 5.73 Å². The van der Waals surface area contributed by atoms with Crippen LogP contribution in [0.25, 0.3) is 0 Å². The number of hydrogen-bond donors (Lipinski definition) is 1. The second-order valence-corrected chi connectivity index (χ2v) is 4.93. The summed E-state index contributed by atoms with van der Waals surface area (Å²) in [5, 5.41) is 0. The zero-order valence-corrected chi connectivity index (χ0v) is 11.6. The lowest BCUT2D eigenvalue weighted by Gasteiger charge is -2.21.